The summed E-state index contributed by atoms with van der Waals surface area (Å²) in [7, 11) is -3.43. The van der Waals surface area contributed by atoms with E-state index in [1.54, 1.807) is 12.1 Å². The average molecular weight is 374 g/mol. The summed E-state index contributed by atoms with van der Waals surface area (Å²) in [6.45, 7) is 13.9. The van der Waals surface area contributed by atoms with Crippen molar-refractivity contribution in [3.8, 4) is 0 Å². The minimum Gasteiger partial charge on any atom is -0.369 e. The lowest BCUT2D eigenvalue weighted by molar-refractivity contribution is -0.0670. The third-order valence-corrected chi connectivity index (χ3v) is 5.81. The Bertz CT molecular complexity index is 657. The third kappa shape index (κ3) is 6.68. The third-order valence-electron chi connectivity index (χ3n) is 4.31. The highest BCUT2D eigenvalue weighted by Gasteiger charge is 2.34. The van der Waals surface area contributed by atoms with E-state index in [0.717, 1.165) is 5.56 Å². The largest absolute Gasteiger partial charge is 0.369 e. The second kappa shape index (κ2) is 7.72. The standard InChI is InChI=1S/C19H32FNO3S/c1-14(18(2,3)4)24-17(15-9-11-16(20)12-10-15)13-21(19(5,6)7)25(8,22)23/h9-12,14,17H,13H2,1-8H3. The minimum absolute atomic E-state index is 0.101. The van der Waals surface area contributed by atoms with Crippen LogP contribution in [0.15, 0.2) is 24.3 Å². The fourth-order valence-electron chi connectivity index (χ4n) is 2.41. The predicted molar refractivity (Wildman–Crippen MR) is 100 cm³/mol. The summed E-state index contributed by atoms with van der Waals surface area (Å²) in [5.41, 5.74) is 0.0752. The number of nitrogens with zero attached hydrogens (tertiary/aromatic N) is 1. The van der Waals surface area contributed by atoms with Crippen molar-refractivity contribution in [1.82, 2.24) is 4.31 Å². The Kier molecular flexibility index (Phi) is 6.81. The Morgan fingerprint density at radius 3 is 1.92 bits per heavy atom. The molecule has 0 bridgehead atoms. The Hall–Kier alpha value is -0.980. The lowest BCUT2D eigenvalue weighted by Crippen LogP contribution is -2.47. The first kappa shape index (κ1) is 22.1. The van der Waals surface area contributed by atoms with Crippen LogP contribution in [0.1, 0.15) is 60.1 Å². The first-order valence-electron chi connectivity index (χ1n) is 8.51. The van der Waals surface area contributed by atoms with Crippen LogP contribution in [-0.2, 0) is 14.8 Å². The van der Waals surface area contributed by atoms with Gasteiger partial charge >= 0.3 is 0 Å². The van der Waals surface area contributed by atoms with Gasteiger partial charge in [-0.2, -0.15) is 4.31 Å². The van der Waals surface area contributed by atoms with E-state index < -0.39 is 21.7 Å². The zero-order chi connectivity index (χ0) is 19.6. The van der Waals surface area contributed by atoms with E-state index in [4.69, 9.17) is 4.74 Å². The van der Waals surface area contributed by atoms with Gasteiger partial charge in [-0.1, -0.05) is 32.9 Å². The SMILES string of the molecule is CC(OC(CN(C(C)(C)C)S(C)(=O)=O)c1ccc(F)cc1)C(C)(C)C. The van der Waals surface area contributed by atoms with Gasteiger partial charge in [0.25, 0.3) is 0 Å². The fraction of sp³-hybridized carbons (Fsp3) is 0.684. The second-order valence-corrected chi connectivity index (χ2v) is 10.6. The van der Waals surface area contributed by atoms with Gasteiger partial charge in [-0.25, -0.2) is 12.8 Å². The summed E-state index contributed by atoms with van der Waals surface area (Å²) in [4.78, 5) is 0. The van der Waals surface area contributed by atoms with Gasteiger partial charge in [0.1, 0.15) is 5.82 Å². The van der Waals surface area contributed by atoms with Gasteiger partial charge in [-0.15, -0.1) is 0 Å². The highest BCUT2D eigenvalue weighted by Crippen LogP contribution is 2.31. The summed E-state index contributed by atoms with van der Waals surface area (Å²) in [5, 5.41) is 0. The van der Waals surface area contributed by atoms with Gasteiger partial charge < -0.3 is 4.74 Å². The van der Waals surface area contributed by atoms with Crippen LogP contribution in [0, 0.1) is 11.2 Å². The van der Waals surface area contributed by atoms with Crippen LogP contribution in [0.3, 0.4) is 0 Å². The quantitative estimate of drug-likeness (QED) is 0.743. The van der Waals surface area contributed by atoms with Crippen LogP contribution in [-0.4, -0.2) is 37.2 Å². The van der Waals surface area contributed by atoms with Crippen LogP contribution in [0.2, 0.25) is 0 Å². The van der Waals surface area contributed by atoms with Crippen molar-refractivity contribution in [3.63, 3.8) is 0 Å². The summed E-state index contributed by atoms with van der Waals surface area (Å²) < 4.78 is 45.5. The molecule has 0 aromatic heterocycles. The molecular weight excluding hydrogens is 341 g/mol. The monoisotopic (exact) mass is 373 g/mol. The number of halogens is 1. The number of rotatable bonds is 6. The predicted octanol–water partition coefficient (Wildman–Crippen LogP) is 4.38. The molecule has 1 aromatic rings. The minimum atomic E-state index is -3.43. The van der Waals surface area contributed by atoms with Crippen LogP contribution in [0.4, 0.5) is 4.39 Å². The Morgan fingerprint density at radius 1 is 1.08 bits per heavy atom. The van der Waals surface area contributed by atoms with Gasteiger partial charge in [0.05, 0.1) is 18.5 Å². The lowest BCUT2D eigenvalue weighted by atomic mass is 9.90. The molecule has 0 N–H and O–H groups in total. The summed E-state index contributed by atoms with van der Waals surface area (Å²) in [6, 6.07) is 6.04. The van der Waals surface area contributed by atoms with Gasteiger partial charge in [-0.05, 0) is 50.8 Å². The Morgan fingerprint density at radius 2 is 1.56 bits per heavy atom. The highest BCUT2D eigenvalue weighted by atomic mass is 32.2. The van der Waals surface area contributed by atoms with Crippen molar-refractivity contribution in [2.75, 3.05) is 12.8 Å². The van der Waals surface area contributed by atoms with E-state index in [1.807, 2.05) is 27.7 Å². The van der Waals surface area contributed by atoms with E-state index in [0.29, 0.717) is 0 Å². The summed E-state index contributed by atoms with van der Waals surface area (Å²) >= 11 is 0. The van der Waals surface area contributed by atoms with E-state index in [2.05, 4.69) is 20.8 Å². The number of sulfonamides is 1. The molecule has 1 aromatic carbocycles. The summed E-state index contributed by atoms with van der Waals surface area (Å²) in [6.07, 6.45) is 0.611. The van der Waals surface area contributed by atoms with Crippen LogP contribution >= 0.6 is 0 Å². The zero-order valence-corrected chi connectivity index (χ0v) is 17.4. The van der Waals surface area contributed by atoms with Crippen LogP contribution < -0.4 is 0 Å². The Balaban J connectivity index is 3.23. The first-order valence-corrected chi connectivity index (χ1v) is 10.4. The molecule has 0 aliphatic rings. The molecule has 0 saturated carbocycles. The maximum atomic E-state index is 13.3. The van der Waals surface area contributed by atoms with E-state index in [9.17, 15) is 12.8 Å². The molecule has 0 saturated heterocycles. The number of benzene rings is 1. The molecule has 2 atom stereocenters. The molecule has 0 fully saturated rings. The molecular formula is C19H32FNO3S. The van der Waals surface area contributed by atoms with Gasteiger partial charge in [0.15, 0.2) is 0 Å². The van der Waals surface area contributed by atoms with Gasteiger partial charge in [0, 0.05) is 12.1 Å². The van der Waals surface area contributed by atoms with Crippen molar-refractivity contribution in [2.24, 2.45) is 5.41 Å². The molecule has 25 heavy (non-hydrogen) atoms. The maximum Gasteiger partial charge on any atom is 0.211 e. The molecule has 144 valence electrons. The smallest absolute Gasteiger partial charge is 0.211 e. The second-order valence-electron chi connectivity index (χ2n) is 8.65. The van der Waals surface area contributed by atoms with E-state index in [-0.39, 0.29) is 23.9 Å². The molecule has 1 rings (SSSR count). The molecule has 6 heteroatoms. The normalized spacial score (nSPS) is 16.1. The fourth-order valence-corrected chi connectivity index (χ4v) is 3.81. The topological polar surface area (TPSA) is 46.6 Å². The van der Waals surface area contributed by atoms with E-state index >= 15 is 0 Å². The van der Waals surface area contributed by atoms with Crippen molar-refractivity contribution < 1.29 is 17.5 Å². The Labute approximate surface area is 152 Å². The highest BCUT2D eigenvalue weighted by molar-refractivity contribution is 7.88. The van der Waals surface area contributed by atoms with Crippen molar-refractivity contribution >= 4 is 10.0 Å². The van der Waals surface area contributed by atoms with Crippen LogP contribution in [0.5, 0.6) is 0 Å². The lowest BCUT2D eigenvalue weighted by Gasteiger charge is -2.38. The van der Waals surface area contributed by atoms with Gasteiger partial charge in [0.2, 0.25) is 10.0 Å². The number of hydrogen-bond donors (Lipinski definition) is 0. The molecule has 0 radical (unpaired) electrons. The molecule has 0 heterocycles. The van der Waals surface area contributed by atoms with Crippen LogP contribution in [0.25, 0.3) is 0 Å². The maximum absolute atomic E-state index is 13.3. The molecule has 0 aliphatic carbocycles. The summed E-state index contributed by atoms with van der Waals surface area (Å²) in [5.74, 6) is -0.331. The van der Waals surface area contributed by atoms with Crippen molar-refractivity contribution in [2.45, 2.75) is 66.2 Å². The number of hydrogen-bond acceptors (Lipinski definition) is 3. The molecule has 0 amide bonds. The molecule has 0 spiro atoms. The average Bonchev–Trinajstić information content (AvgIpc) is 2.40. The van der Waals surface area contributed by atoms with Gasteiger partial charge in [-0.3, -0.25) is 0 Å². The van der Waals surface area contributed by atoms with Crippen molar-refractivity contribution in [3.05, 3.63) is 35.6 Å². The number of ether oxygens (including phenoxy) is 1. The van der Waals surface area contributed by atoms with E-state index in [1.165, 1.54) is 22.7 Å². The molecule has 2 unspecified atom stereocenters. The zero-order valence-electron chi connectivity index (χ0n) is 16.6. The molecule has 4 nitrogen and oxygen atoms in total. The molecule has 0 aliphatic heterocycles. The van der Waals surface area contributed by atoms with Crippen molar-refractivity contribution in [1.29, 1.82) is 0 Å². The first-order chi connectivity index (χ1) is 11.1.